The fraction of sp³-hybridized carbons (Fsp3) is 0.250. The molecule has 1 atom stereocenters. The Kier molecular flexibility index (Phi) is 4.03. The zero-order chi connectivity index (χ0) is 14.8. The number of para-hydroxylation sites is 1. The number of hydrogen-bond acceptors (Lipinski definition) is 2. The van der Waals surface area contributed by atoms with E-state index in [0.29, 0.717) is 11.1 Å². The molecular weight excluding hydrogens is 271 g/mol. The second-order valence-electron chi connectivity index (χ2n) is 5.72. The molecule has 3 nitrogen and oxygen atoms in total. The molecule has 4 heteroatoms. The summed E-state index contributed by atoms with van der Waals surface area (Å²) in [7, 11) is -3.84. The Morgan fingerprint density at radius 1 is 0.950 bits per heavy atom. The van der Waals surface area contributed by atoms with Crippen molar-refractivity contribution in [1.29, 1.82) is 0 Å². The molecule has 2 aromatic carbocycles. The Morgan fingerprint density at radius 2 is 1.50 bits per heavy atom. The van der Waals surface area contributed by atoms with Crippen LogP contribution in [0.25, 0.3) is 0 Å². The van der Waals surface area contributed by atoms with Crippen LogP contribution in [0.15, 0.2) is 54.6 Å². The quantitative estimate of drug-likeness (QED) is 0.873. The molecule has 0 aliphatic carbocycles. The molecule has 20 heavy (non-hydrogen) atoms. The van der Waals surface area contributed by atoms with E-state index in [0.717, 1.165) is 5.56 Å². The van der Waals surface area contributed by atoms with Crippen molar-refractivity contribution in [2.75, 3.05) is 0 Å². The Morgan fingerprint density at radius 3 is 2.00 bits per heavy atom. The summed E-state index contributed by atoms with van der Waals surface area (Å²) in [6, 6.07) is 15.7. The minimum absolute atomic E-state index is 0.0122. The zero-order valence-electron chi connectivity index (χ0n) is 11.9. The Balaban J connectivity index is 2.24. The second-order valence-corrected chi connectivity index (χ2v) is 7.46. The molecule has 0 heterocycles. The monoisotopic (exact) mass is 290 g/mol. The van der Waals surface area contributed by atoms with Crippen LogP contribution in [0.1, 0.15) is 26.3 Å². The summed E-state index contributed by atoms with van der Waals surface area (Å²) in [5.74, 6) is 0.387. The smallest absolute Gasteiger partial charge is 0.408 e. The number of benzene rings is 2. The molecule has 0 radical (unpaired) electrons. The number of hydrogen-bond donors (Lipinski definition) is 1. The standard InChI is InChI=1S/C16H19O3P/c1-16(2,3)13-9-11-15(12-10-13)20(17,18)19-14-7-5-4-6-8-14/h4-12H,1-3H3,(H,17,18). The molecule has 0 saturated heterocycles. The molecule has 0 aliphatic heterocycles. The van der Waals surface area contributed by atoms with Gasteiger partial charge in [-0.3, -0.25) is 0 Å². The first kappa shape index (κ1) is 14.8. The van der Waals surface area contributed by atoms with Gasteiger partial charge in [-0.15, -0.1) is 0 Å². The van der Waals surface area contributed by atoms with Crippen molar-refractivity contribution in [3.63, 3.8) is 0 Å². The van der Waals surface area contributed by atoms with Crippen LogP contribution in [-0.2, 0) is 9.98 Å². The molecule has 0 aromatic heterocycles. The van der Waals surface area contributed by atoms with E-state index >= 15 is 0 Å². The Labute approximate surface area is 119 Å². The first-order valence-corrected chi connectivity index (χ1v) is 8.05. The van der Waals surface area contributed by atoms with Crippen LogP contribution < -0.4 is 9.83 Å². The van der Waals surface area contributed by atoms with Gasteiger partial charge in [-0.05, 0) is 35.2 Å². The first-order valence-electron chi connectivity index (χ1n) is 6.47. The highest BCUT2D eigenvalue weighted by molar-refractivity contribution is 7.61. The lowest BCUT2D eigenvalue weighted by Crippen LogP contribution is -2.14. The van der Waals surface area contributed by atoms with Crippen molar-refractivity contribution in [2.24, 2.45) is 0 Å². The van der Waals surface area contributed by atoms with Gasteiger partial charge in [0.1, 0.15) is 5.75 Å². The van der Waals surface area contributed by atoms with Crippen molar-refractivity contribution in [1.82, 2.24) is 0 Å². The third kappa shape index (κ3) is 3.50. The van der Waals surface area contributed by atoms with Crippen LogP contribution in [-0.4, -0.2) is 4.89 Å². The second kappa shape index (κ2) is 5.43. The van der Waals surface area contributed by atoms with E-state index in [4.69, 9.17) is 4.52 Å². The average molecular weight is 290 g/mol. The summed E-state index contributed by atoms with van der Waals surface area (Å²) in [6.07, 6.45) is 0. The summed E-state index contributed by atoms with van der Waals surface area (Å²) < 4.78 is 17.5. The molecule has 0 spiro atoms. The normalized spacial score (nSPS) is 14.6. The van der Waals surface area contributed by atoms with Gasteiger partial charge in [-0.2, -0.15) is 0 Å². The van der Waals surface area contributed by atoms with Crippen molar-refractivity contribution < 1.29 is 14.0 Å². The van der Waals surface area contributed by atoms with Gasteiger partial charge in [0, 0.05) is 0 Å². The minimum Gasteiger partial charge on any atom is -0.421 e. The highest BCUT2D eigenvalue weighted by Crippen LogP contribution is 2.41. The fourth-order valence-electron chi connectivity index (χ4n) is 1.83. The van der Waals surface area contributed by atoms with E-state index < -0.39 is 7.60 Å². The molecule has 0 aliphatic rings. The van der Waals surface area contributed by atoms with Gasteiger partial charge in [-0.25, -0.2) is 4.57 Å². The predicted octanol–water partition coefficient (Wildman–Crippen LogP) is 3.87. The van der Waals surface area contributed by atoms with Crippen LogP contribution in [0.4, 0.5) is 0 Å². The van der Waals surface area contributed by atoms with Gasteiger partial charge in [0.25, 0.3) is 0 Å². The van der Waals surface area contributed by atoms with Crippen molar-refractivity contribution in [2.45, 2.75) is 26.2 Å². The molecule has 2 rings (SSSR count). The van der Waals surface area contributed by atoms with Gasteiger partial charge in [-0.1, -0.05) is 51.1 Å². The predicted molar refractivity (Wildman–Crippen MR) is 81.7 cm³/mol. The lowest BCUT2D eigenvalue weighted by molar-refractivity contribution is 0.393. The molecule has 0 amide bonds. The van der Waals surface area contributed by atoms with Crippen molar-refractivity contribution in [3.8, 4) is 5.75 Å². The van der Waals surface area contributed by atoms with Crippen LogP contribution in [0.5, 0.6) is 5.75 Å². The molecule has 0 fully saturated rings. The highest BCUT2D eigenvalue weighted by Gasteiger charge is 2.25. The van der Waals surface area contributed by atoms with E-state index in [-0.39, 0.29) is 5.41 Å². The average Bonchev–Trinajstić information content (AvgIpc) is 2.38. The van der Waals surface area contributed by atoms with Crippen LogP contribution in [0, 0.1) is 0 Å². The summed E-state index contributed by atoms with van der Waals surface area (Å²) in [6.45, 7) is 6.29. The maximum atomic E-state index is 12.3. The lowest BCUT2D eigenvalue weighted by atomic mass is 9.87. The maximum absolute atomic E-state index is 12.3. The largest absolute Gasteiger partial charge is 0.421 e. The Hall–Kier alpha value is -1.57. The molecule has 0 saturated carbocycles. The van der Waals surface area contributed by atoms with E-state index in [1.165, 1.54) is 0 Å². The molecule has 1 unspecified atom stereocenters. The van der Waals surface area contributed by atoms with E-state index in [1.807, 2.05) is 18.2 Å². The molecule has 2 aromatic rings. The summed E-state index contributed by atoms with van der Waals surface area (Å²) in [4.78, 5) is 10.1. The van der Waals surface area contributed by atoms with E-state index in [2.05, 4.69) is 20.8 Å². The third-order valence-corrected chi connectivity index (χ3v) is 4.44. The summed E-state index contributed by atoms with van der Waals surface area (Å²) in [5.41, 5.74) is 1.12. The van der Waals surface area contributed by atoms with Gasteiger partial charge in [0.2, 0.25) is 0 Å². The van der Waals surface area contributed by atoms with Gasteiger partial charge in [0.15, 0.2) is 0 Å². The Bertz CT molecular complexity index is 612. The topological polar surface area (TPSA) is 46.5 Å². The number of rotatable bonds is 3. The zero-order valence-corrected chi connectivity index (χ0v) is 12.8. The lowest BCUT2D eigenvalue weighted by Gasteiger charge is -2.20. The van der Waals surface area contributed by atoms with Crippen LogP contribution >= 0.6 is 7.60 Å². The third-order valence-electron chi connectivity index (χ3n) is 3.03. The first-order chi connectivity index (χ1) is 9.29. The summed E-state index contributed by atoms with van der Waals surface area (Å²) in [5, 5.41) is 0.300. The maximum Gasteiger partial charge on any atom is 0.408 e. The van der Waals surface area contributed by atoms with Crippen molar-refractivity contribution >= 4 is 12.9 Å². The van der Waals surface area contributed by atoms with Gasteiger partial charge in [0.05, 0.1) is 5.30 Å². The van der Waals surface area contributed by atoms with Gasteiger partial charge < -0.3 is 9.42 Å². The van der Waals surface area contributed by atoms with Gasteiger partial charge >= 0.3 is 7.60 Å². The molecular formula is C16H19O3P. The summed E-state index contributed by atoms with van der Waals surface area (Å²) >= 11 is 0. The highest BCUT2D eigenvalue weighted by atomic mass is 31.2. The van der Waals surface area contributed by atoms with E-state index in [1.54, 1.807) is 36.4 Å². The SMILES string of the molecule is CC(C)(C)c1ccc(P(=O)(O)Oc2ccccc2)cc1. The van der Waals surface area contributed by atoms with Crippen LogP contribution in [0.3, 0.4) is 0 Å². The molecule has 0 bridgehead atoms. The van der Waals surface area contributed by atoms with Crippen molar-refractivity contribution in [3.05, 3.63) is 60.2 Å². The molecule has 106 valence electrons. The fourth-order valence-corrected chi connectivity index (χ4v) is 2.87. The molecule has 1 N–H and O–H groups in total. The van der Waals surface area contributed by atoms with Crippen LogP contribution in [0.2, 0.25) is 0 Å². The minimum atomic E-state index is -3.84. The van der Waals surface area contributed by atoms with E-state index in [9.17, 15) is 9.46 Å².